The van der Waals surface area contributed by atoms with Gasteiger partial charge in [0.2, 0.25) is 5.88 Å². The van der Waals surface area contributed by atoms with E-state index in [0.29, 0.717) is 5.56 Å². The molecule has 11 nitrogen and oxygen atoms in total. The first-order valence-electron chi connectivity index (χ1n) is 11.4. The molecule has 0 spiro atoms. The Morgan fingerprint density at radius 3 is 2.62 bits per heavy atom. The summed E-state index contributed by atoms with van der Waals surface area (Å²) in [4.78, 5) is 13.7. The van der Waals surface area contributed by atoms with Crippen LogP contribution in [0, 0.1) is 11.3 Å². The summed E-state index contributed by atoms with van der Waals surface area (Å²) in [5.41, 5.74) is 0.753. The number of benzene rings is 1. The predicted octanol–water partition coefficient (Wildman–Crippen LogP) is 3.88. The quantitative estimate of drug-likeness (QED) is 0.307. The number of aromatic nitrogens is 5. The minimum Gasteiger partial charge on any atom is -0.482 e. The molecule has 208 valence electrons. The first-order valence-corrected chi connectivity index (χ1v) is 11.4. The maximum Gasteiger partial charge on any atom is 0.573 e. The van der Waals surface area contributed by atoms with E-state index in [-0.39, 0.29) is 41.2 Å². The van der Waals surface area contributed by atoms with Gasteiger partial charge in [-0.3, -0.25) is 0 Å². The molecular formula is C24H18F5N7O4. The number of hydrogen-bond acceptors (Lipinski definition) is 10. The summed E-state index contributed by atoms with van der Waals surface area (Å²) in [7, 11) is 2.77. The Morgan fingerprint density at radius 2 is 1.93 bits per heavy atom. The van der Waals surface area contributed by atoms with Crippen molar-refractivity contribution in [3.63, 3.8) is 0 Å². The number of ether oxygens (including phenoxy) is 4. The van der Waals surface area contributed by atoms with Crippen molar-refractivity contribution in [3.05, 3.63) is 48.4 Å². The van der Waals surface area contributed by atoms with Crippen LogP contribution in [0.2, 0.25) is 0 Å². The van der Waals surface area contributed by atoms with Crippen molar-refractivity contribution in [1.29, 1.82) is 5.26 Å². The zero-order chi connectivity index (χ0) is 28.7. The molecule has 0 radical (unpaired) electrons. The average molecular weight is 563 g/mol. The molecule has 1 fully saturated rings. The molecule has 1 aliphatic heterocycles. The summed E-state index contributed by atoms with van der Waals surface area (Å²) in [6.45, 7) is -1.15. The second kappa shape index (κ2) is 9.98. The number of halogens is 5. The Balaban J connectivity index is 1.47. The molecule has 1 unspecified atom stereocenters. The molecule has 40 heavy (non-hydrogen) atoms. The fraction of sp³-hybridized carbons (Fsp3) is 0.292. The second-order valence-electron chi connectivity index (χ2n) is 8.46. The Morgan fingerprint density at radius 1 is 1.12 bits per heavy atom. The van der Waals surface area contributed by atoms with Gasteiger partial charge in [0.1, 0.15) is 17.5 Å². The molecule has 0 bridgehead atoms. The van der Waals surface area contributed by atoms with Crippen LogP contribution in [-0.2, 0) is 0 Å². The molecule has 1 atom stereocenters. The smallest absolute Gasteiger partial charge is 0.482 e. The van der Waals surface area contributed by atoms with E-state index in [9.17, 15) is 13.2 Å². The summed E-state index contributed by atoms with van der Waals surface area (Å²) in [5.74, 6) is -4.48. The highest BCUT2D eigenvalue weighted by molar-refractivity contribution is 5.76. The molecule has 1 aromatic carbocycles. The summed E-state index contributed by atoms with van der Waals surface area (Å²) < 4.78 is 89.6. The maximum atomic E-state index is 15.2. The van der Waals surface area contributed by atoms with E-state index < -0.39 is 36.2 Å². The van der Waals surface area contributed by atoms with E-state index in [0.717, 1.165) is 18.2 Å². The highest BCUT2D eigenvalue weighted by Crippen LogP contribution is 2.39. The van der Waals surface area contributed by atoms with Crippen LogP contribution >= 0.6 is 0 Å². The monoisotopic (exact) mass is 563 g/mol. The highest BCUT2D eigenvalue weighted by atomic mass is 19.4. The Hall–Kier alpha value is -4.94. The summed E-state index contributed by atoms with van der Waals surface area (Å²) in [5, 5.41) is 13.5. The van der Waals surface area contributed by atoms with Gasteiger partial charge in [-0.05, 0) is 18.2 Å². The van der Waals surface area contributed by atoms with E-state index in [1.54, 1.807) is 6.07 Å². The van der Waals surface area contributed by atoms with Gasteiger partial charge in [-0.2, -0.15) is 15.3 Å². The van der Waals surface area contributed by atoms with Gasteiger partial charge in [-0.25, -0.2) is 23.3 Å². The third-order valence-corrected chi connectivity index (χ3v) is 5.90. The largest absolute Gasteiger partial charge is 0.573 e. The first-order chi connectivity index (χ1) is 19.0. The van der Waals surface area contributed by atoms with Gasteiger partial charge in [0.25, 0.3) is 0 Å². The van der Waals surface area contributed by atoms with Gasteiger partial charge < -0.3 is 23.8 Å². The fourth-order valence-corrected chi connectivity index (χ4v) is 4.15. The summed E-state index contributed by atoms with van der Waals surface area (Å²) in [6, 6.07) is 5.99. The third-order valence-electron chi connectivity index (χ3n) is 5.90. The minimum atomic E-state index is -5.09. The summed E-state index contributed by atoms with van der Waals surface area (Å²) >= 11 is 0. The van der Waals surface area contributed by atoms with Crippen LogP contribution in [0.1, 0.15) is 5.56 Å². The molecule has 1 saturated heterocycles. The number of alkyl halides is 5. The number of methoxy groups -OCH3 is 2. The fourth-order valence-electron chi connectivity index (χ4n) is 4.15. The standard InChI is InChI=1S/C24H18F5N7O4/c1-37-21-15(10-32-22(33-21)38-2)16-8-17(20-31-5-6-36(20)34-16)35-11-19(23(25,26)12-35)39-14-4-3-13(9-30)18(7-14)40-24(27,28)29/h3-8,10,19H,11-12H2,1-2H3. The van der Waals surface area contributed by atoms with E-state index in [1.807, 2.05) is 0 Å². The van der Waals surface area contributed by atoms with Crippen LogP contribution in [-0.4, -0.2) is 70.3 Å². The molecule has 0 amide bonds. The van der Waals surface area contributed by atoms with Crippen LogP contribution in [0.3, 0.4) is 0 Å². The van der Waals surface area contributed by atoms with Crippen LogP contribution in [0.4, 0.5) is 27.6 Å². The van der Waals surface area contributed by atoms with E-state index in [4.69, 9.17) is 19.5 Å². The molecule has 0 saturated carbocycles. The highest BCUT2D eigenvalue weighted by Gasteiger charge is 2.51. The lowest BCUT2D eigenvalue weighted by molar-refractivity contribution is -0.274. The number of nitrogens with zero attached hydrogens (tertiary/aromatic N) is 7. The van der Waals surface area contributed by atoms with Gasteiger partial charge >= 0.3 is 18.3 Å². The van der Waals surface area contributed by atoms with Crippen LogP contribution < -0.4 is 23.8 Å². The van der Waals surface area contributed by atoms with Crippen LogP contribution in [0.5, 0.6) is 23.4 Å². The molecule has 5 rings (SSSR count). The molecule has 3 aromatic heterocycles. The zero-order valence-electron chi connectivity index (χ0n) is 20.7. The normalized spacial score (nSPS) is 16.6. The van der Waals surface area contributed by atoms with Crippen LogP contribution in [0.25, 0.3) is 16.9 Å². The molecule has 0 N–H and O–H groups in total. The van der Waals surface area contributed by atoms with Crippen LogP contribution in [0.15, 0.2) is 42.9 Å². The molecule has 1 aliphatic rings. The van der Waals surface area contributed by atoms with Crippen molar-refractivity contribution >= 4 is 11.3 Å². The Kier molecular flexibility index (Phi) is 6.65. The van der Waals surface area contributed by atoms with Crippen molar-refractivity contribution in [3.8, 4) is 40.7 Å². The molecule has 4 aromatic rings. The number of rotatable bonds is 7. The van der Waals surface area contributed by atoms with Gasteiger partial charge in [0, 0.05) is 24.7 Å². The van der Waals surface area contributed by atoms with E-state index in [2.05, 4.69) is 24.8 Å². The zero-order valence-corrected chi connectivity index (χ0v) is 20.7. The van der Waals surface area contributed by atoms with Crippen molar-refractivity contribution < 1.29 is 40.9 Å². The lowest BCUT2D eigenvalue weighted by Crippen LogP contribution is -2.36. The van der Waals surface area contributed by atoms with Gasteiger partial charge in [0.05, 0.1) is 44.1 Å². The Bertz CT molecular complexity index is 1610. The van der Waals surface area contributed by atoms with Gasteiger partial charge in [-0.1, -0.05) is 0 Å². The van der Waals surface area contributed by atoms with Gasteiger partial charge in [-0.15, -0.1) is 13.2 Å². The molecular weight excluding hydrogens is 545 g/mol. The number of fused-ring (bicyclic) bond motifs is 1. The number of imidazole rings is 1. The number of anilines is 1. The maximum absolute atomic E-state index is 15.2. The first kappa shape index (κ1) is 26.7. The number of nitriles is 1. The van der Waals surface area contributed by atoms with Crippen molar-refractivity contribution in [2.24, 2.45) is 0 Å². The third kappa shape index (κ3) is 5.17. The van der Waals surface area contributed by atoms with E-state index in [1.165, 1.54) is 48.3 Å². The van der Waals surface area contributed by atoms with Gasteiger partial charge in [0.15, 0.2) is 17.5 Å². The summed E-state index contributed by atoms with van der Waals surface area (Å²) in [6.07, 6.45) is -2.47. The average Bonchev–Trinajstić information content (AvgIpc) is 3.50. The lowest BCUT2D eigenvalue weighted by atomic mass is 10.2. The molecule has 4 heterocycles. The van der Waals surface area contributed by atoms with Crippen molar-refractivity contribution in [2.75, 3.05) is 32.2 Å². The number of hydrogen-bond donors (Lipinski definition) is 0. The minimum absolute atomic E-state index is 0.0512. The molecule has 0 aliphatic carbocycles. The predicted molar refractivity (Wildman–Crippen MR) is 127 cm³/mol. The van der Waals surface area contributed by atoms with Crippen molar-refractivity contribution in [2.45, 2.75) is 18.4 Å². The van der Waals surface area contributed by atoms with E-state index >= 15 is 8.78 Å². The van der Waals surface area contributed by atoms with Crippen molar-refractivity contribution in [1.82, 2.24) is 24.6 Å². The Labute approximate surface area is 222 Å². The molecule has 16 heteroatoms. The second-order valence-corrected chi connectivity index (χ2v) is 8.46. The lowest BCUT2D eigenvalue weighted by Gasteiger charge is -2.20. The SMILES string of the molecule is COc1ncc(-c2cc(N3CC(Oc4ccc(C#N)c(OC(F)(F)F)c4)C(F)(F)C3)c3nccn3n2)c(OC)n1. The topological polar surface area (TPSA) is 120 Å².